The normalized spacial score (nSPS) is 13.7. The zero-order valence-electron chi connectivity index (χ0n) is 10.6. The third kappa shape index (κ3) is 4.18. The van der Waals surface area contributed by atoms with Crippen LogP contribution in [-0.2, 0) is 20.7 Å². The average molecular weight is 250 g/mol. The SMILES string of the molecule is COC(Cc1ccccc1)C(NC(C)=O)C(N)=O. The van der Waals surface area contributed by atoms with Gasteiger partial charge in [0.15, 0.2) is 0 Å². The molecule has 0 aromatic heterocycles. The summed E-state index contributed by atoms with van der Waals surface area (Å²) in [6, 6.07) is 8.74. The Balaban J connectivity index is 2.79. The van der Waals surface area contributed by atoms with Gasteiger partial charge in [0.1, 0.15) is 6.04 Å². The molecule has 5 heteroatoms. The Labute approximate surface area is 106 Å². The quantitative estimate of drug-likeness (QED) is 0.758. The van der Waals surface area contributed by atoms with Crippen LogP contribution < -0.4 is 11.1 Å². The number of hydrogen-bond acceptors (Lipinski definition) is 3. The number of carbonyl (C=O) groups is 2. The van der Waals surface area contributed by atoms with Gasteiger partial charge in [-0.05, 0) is 5.56 Å². The predicted molar refractivity (Wildman–Crippen MR) is 67.7 cm³/mol. The van der Waals surface area contributed by atoms with Crippen molar-refractivity contribution in [1.29, 1.82) is 0 Å². The highest BCUT2D eigenvalue weighted by Crippen LogP contribution is 2.09. The molecule has 0 radical (unpaired) electrons. The number of amides is 2. The fourth-order valence-corrected chi connectivity index (χ4v) is 1.75. The van der Waals surface area contributed by atoms with E-state index in [0.29, 0.717) is 6.42 Å². The first kappa shape index (κ1) is 14.2. The fraction of sp³-hybridized carbons (Fsp3) is 0.385. The van der Waals surface area contributed by atoms with Gasteiger partial charge in [-0.15, -0.1) is 0 Å². The summed E-state index contributed by atoms with van der Waals surface area (Å²) in [5.41, 5.74) is 6.30. The summed E-state index contributed by atoms with van der Waals surface area (Å²) in [4.78, 5) is 22.4. The van der Waals surface area contributed by atoms with Gasteiger partial charge < -0.3 is 15.8 Å². The van der Waals surface area contributed by atoms with Crippen molar-refractivity contribution >= 4 is 11.8 Å². The van der Waals surface area contributed by atoms with E-state index in [1.165, 1.54) is 14.0 Å². The van der Waals surface area contributed by atoms with E-state index in [9.17, 15) is 9.59 Å². The van der Waals surface area contributed by atoms with Gasteiger partial charge >= 0.3 is 0 Å². The van der Waals surface area contributed by atoms with Crippen LogP contribution in [0, 0.1) is 0 Å². The number of methoxy groups -OCH3 is 1. The maximum Gasteiger partial charge on any atom is 0.242 e. The van der Waals surface area contributed by atoms with E-state index in [4.69, 9.17) is 10.5 Å². The van der Waals surface area contributed by atoms with Crippen LogP contribution >= 0.6 is 0 Å². The minimum atomic E-state index is -0.826. The predicted octanol–water partition coefficient (Wildman–Crippen LogP) is 0.234. The van der Waals surface area contributed by atoms with Gasteiger partial charge in [0.2, 0.25) is 11.8 Å². The molecule has 1 aromatic carbocycles. The van der Waals surface area contributed by atoms with Crippen molar-refractivity contribution in [3.8, 4) is 0 Å². The van der Waals surface area contributed by atoms with Crippen LogP contribution in [0.2, 0.25) is 0 Å². The third-order valence-electron chi connectivity index (χ3n) is 2.62. The topological polar surface area (TPSA) is 81.4 Å². The standard InChI is InChI=1S/C13H18N2O3/c1-9(16)15-12(13(14)17)11(18-2)8-10-6-4-3-5-7-10/h3-7,11-12H,8H2,1-2H3,(H2,14,17)(H,15,16). The molecule has 0 bridgehead atoms. The van der Waals surface area contributed by atoms with Crippen molar-refractivity contribution in [2.24, 2.45) is 5.73 Å². The van der Waals surface area contributed by atoms with Crippen LogP contribution in [0.5, 0.6) is 0 Å². The number of hydrogen-bond donors (Lipinski definition) is 2. The molecule has 0 aliphatic carbocycles. The third-order valence-corrected chi connectivity index (χ3v) is 2.62. The molecule has 0 aliphatic rings. The Kier molecular flexibility index (Phi) is 5.32. The van der Waals surface area contributed by atoms with E-state index in [1.54, 1.807) is 0 Å². The molecule has 0 spiro atoms. The maximum absolute atomic E-state index is 11.4. The summed E-state index contributed by atoms with van der Waals surface area (Å²) in [6.45, 7) is 1.34. The first-order valence-corrected chi connectivity index (χ1v) is 5.67. The molecule has 18 heavy (non-hydrogen) atoms. The number of primary amides is 1. The van der Waals surface area contributed by atoms with Crippen LogP contribution in [0.4, 0.5) is 0 Å². The minimum absolute atomic E-state index is 0.311. The van der Waals surface area contributed by atoms with Gasteiger partial charge in [-0.1, -0.05) is 30.3 Å². The number of carbonyl (C=O) groups excluding carboxylic acids is 2. The van der Waals surface area contributed by atoms with Crippen molar-refractivity contribution in [2.75, 3.05) is 7.11 Å². The lowest BCUT2D eigenvalue weighted by Crippen LogP contribution is -2.52. The molecule has 0 heterocycles. The van der Waals surface area contributed by atoms with Crippen LogP contribution in [-0.4, -0.2) is 31.1 Å². The van der Waals surface area contributed by atoms with Crippen molar-refractivity contribution in [3.63, 3.8) is 0 Å². The van der Waals surface area contributed by atoms with Gasteiger partial charge in [0.05, 0.1) is 6.10 Å². The Morgan fingerprint density at radius 2 is 1.94 bits per heavy atom. The molecule has 0 fully saturated rings. The summed E-state index contributed by atoms with van der Waals surface area (Å²) in [6.07, 6.45) is 0.0272. The maximum atomic E-state index is 11.4. The molecule has 0 aliphatic heterocycles. The van der Waals surface area contributed by atoms with E-state index >= 15 is 0 Å². The molecule has 5 nitrogen and oxygen atoms in total. The molecule has 2 amide bonds. The Morgan fingerprint density at radius 3 is 2.39 bits per heavy atom. The highest BCUT2D eigenvalue weighted by molar-refractivity contribution is 5.86. The summed E-state index contributed by atoms with van der Waals surface area (Å²) in [5.74, 6) is -0.915. The Morgan fingerprint density at radius 1 is 1.33 bits per heavy atom. The first-order valence-electron chi connectivity index (χ1n) is 5.67. The molecular weight excluding hydrogens is 232 g/mol. The Hall–Kier alpha value is -1.88. The molecule has 1 aromatic rings. The molecule has 0 saturated carbocycles. The number of ether oxygens (including phenoxy) is 1. The fourth-order valence-electron chi connectivity index (χ4n) is 1.75. The molecule has 2 atom stereocenters. The van der Waals surface area contributed by atoms with E-state index in [0.717, 1.165) is 5.56 Å². The zero-order chi connectivity index (χ0) is 13.5. The van der Waals surface area contributed by atoms with Crippen molar-refractivity contribution in [1.82, 2.24) is 5.32 Å². The summed E-state index contributed by atoms with van der Waals surface area (Å²) in [7, 11) is 1.49. The lowest BCUT2D eigenvalue weighted by molar-refractivity contribution is -0.129. The van der Waals surface area contributed by atoms with Crippen molar-refractivity contribution < 1.29 is 14.3 Å². The zero-order valence-corrected chi connectivity index (χ0v) is 10.6. The van der Waals surface area contributed by atoms with E-state index in [1.807, 2.05) is 30.3 Å². The number of nitrogens with one attached hydrogen (secondary N) is 1. The second-order valence-electron chi connectivity index (χ2n) is 4.04. The number of rotatable bonds is 6. The minimum Gasteiger partial charge on any atom is -0.378 e. The van der Waals surface area contributed by atoms with Gasteiger partial charge in [-0.3, -0.25) is 9.59 Å². The first-order chi connectivity index (χ1) is 8.54. The van der Waals surface area contributed by atoms with Gasteiger partial charge in [-0.2, -0.15) is 0 Å². The second-order valence-corrected chi connectivity index (χ2v) is 4.04. The molecule has 1 rings (SSSR count). The van der Waals surface area contributed by atoms with E-state index in [2.05, 4.69) is 5.32 Å². The van der Waals surface area contributed by atoms with Gasteiger partial charge in [0.25, 0.3) is 0 Å². The van der Waals surface area contributed by atoms with Crippen LogP contribution in [0.3, 0.4) is 0 Å². The Bertz CT molecular complexity index is 406. The van der Waals surface area contributed by atoms with Crippen LogP contribution in [0.15, 0.2) is 30.3 Å². The molecule has 0 saturated heterocycles. The van der Waals surface area contributed by atoms with Crippen molar-refractivity contribution in [3.05, 3.63) is 35.9 Å². The second kappa shape index (κ2) is 6.76. The molecule has 98 valence electrons. The van der Waals surface area contributed by atoms with Crippen molar-refractivity contribution in [2.45, 2.75) is 25.5 Å². The van der Waals surface area contributed by atoms with Gasteiger partial charge in [0, 0.05) is 20.5 Å². The number of benzene rings is 1. The smallest absolute Gasteiger partial charge is 0.242 e. The average Bonchev–Trinajstić information content (AvgIpc) is 2.34. The van der Waals surface area contributed by atoms with E-state index < -0.39 is 18.1 Å². The molecule has 2 unspecified atom stereocenters. The lowest BCUT2D eigenvalue weighted by Gasteiger charge is -2.24. The van der Waals surface area contributed by atoms with Gasteiger partial charge in [-0.25, -0.2) is 0 Å². The monoisotopic (exact) mass is 250 g/mol. The van der Waals surface area contributed by atoms with Crippen LogP contribution in [0.1, 0.15) is 12.5 Å². The summed E-state index contributed by atoms with van der Waals surface area (Å²) in [5, 5.41) is 2.51. The lowest BCUT2D eigenvalue weighted by atomic mass is 10.0. The highest BCUT2D eigenvalue weighted by Gasteiger charge is 2.27. The van der Waals surface area contributed by atoms with Crippen LogP contribution in [0.25, 0.3) is 0 Å². The van der Waals surface area contributed by atoms with E-state index in [-0.39, 0.29) is 5.91 Å². The summed E-state index contributed by atoms with van der Waals surface area (Å²) >= 11 is 0. The summed E-state index contributed by atoms with van der Waals surface area (Å²) < 4.78 is 5.26. The molecular formula is C13H18N2O3. The molecule has 3 N–H and O–H groups in total. The number of nitrogens with two attached hydrogens (primary N) is 1. The largest absolute Gasteiger partial charge is 0.378 e. The highest BCUT2D eigenvalue weighted by atomic mass is 16.5.